The average Bonchev–Trinajstić information content (AvgIpc) is 2.49. The number of aromatic nitrogens is 2. The van der Waals surface area contributed by atoms with E-state index in [1.165, 1.54) is 12.8 Å². The Bertz CT molecular complexity index is 562. The molecular weight excluding hydrogens is 314 g/mol. The molecule has 3 nitrogen and oxygen atoms in total. The molecule has 1 aromatic heterocycles. The van der Waals surface area contributed by atoms with Crippen molar-refractivity contribution in [2.45, 2.75) is 19.3 Å². The Labute approximate surface area is 128 Å². The van der Waals surface area contributed by atoms with Crippen LogP contribution in [0.4, 0.5) is 0 Å². The van der Waals surface area contributed by atoms with Crippen LogP contribution in [0, 0.1) is 5.92 Å². The molecular formula is C16H18BrN3. The topological polar surface area (TPSA) is 37.8 Å². The molecule has 2 aromatic rings. The third-order valence-corrected chi connectivity index (χ3v) is 4.24. The van der Waals surface area contributed by atoms with E-state index in [0.717, 1.165) is 41.1 Å². The minimum absolute atomic E-state index is 0.670. The quantitative estimate of drug-likeness (QED) is 0.936. The van der Waals surface area contributed by atoms with Gasteiger partial charge in [-0.3, -0.25) is 0 Å². The maximum absolute atomic E-state index is 4.71. The lowest BCUT2D eigenvalue weighted by molar-refractivity contribution is 0.371. The summed E-state index contributed by atoms with van der Waals surface area (Å²) in [6.45, 7) is 2.24. The summed E-state index contributed by atoms with van der Waals surface area (Å²) in [7, 11) is 0. The first-order valence-corrected chi connectivity index (χ1v) is 7.89. The molecule has 4 heteroatoms. The molecule has 1 aliphatic rings. The summed E-state index contributed by atoms with van der Waals surface area (Å²) in [6, 6.07) is 10.2. The lowest BCUT2D eigenvalue weighted by atomic mass is 9.96. The normalized spacial score (nSPS) is 18.9. The van der Waals surface area contributed by atoms with Crippen molar-refractivity contribution < 1.29 is 0 Å². The molecule has 2 heterocycles. The highest BCUT2D eigenvalue weighted by Gasteiger charge is 2.15. The van der Waals surface area contributed by atoms with E-state index in [9.17, 15) is 0 Å². The van der Waals surface area contributed by atoms with Gasteiger partial charge in [-0.25, -0.2) is 9.97 Å². The number of benzene rings is 1. The molecule has 0 saturated carbocycles. The molecule has 0 bridgehead atoms. The molecule has 20 heavy (non-hydrogen) atoms. The molecule has 104 valence electrons. The third kappa shape index (κ3) is 3.44. The first-order valence-electron chi connectivity index (χ1n) is 7.10. The monoisotopic (exact) mass is 331 g/mol. The van der Waals surface area contributed by atoms with Gasteiger partial charge in [-0.1, -0.05) is 28.1 Å². The van der Waals surface area contributed by atoms with Crippen LogP contribution in [-0.2, 0) is 6.42 Å². The van der Waals surface area contributed by atoms with Crippen LogP contribution in [-0.4, -0.2) is 23.1 Å². The van der Waals surface area contributed by atoms with E-state index in [2.05, 4.69) is 38.4 Å². The molecule has 1 aromatic carbocycles. The van der Waals surface area contributed by atoms with Crippen LogP contribution in [0.5, 0.6) is 0 Å². The molecule has 1 fully saturated rings. The second-order valence-corrected chi connectivity index (χ2v) is 6.20. The molecule has 0 radical (unpaired) electrons. The Morgan fingerprint density at radius 2 is 2.05 bits per heavy atom. The number of hydrogen-bond donors (Lipinski definition) is 1. The Morgan fingerprint density at radius 3 is 2.80 bits per heavy atom. The van der Waals surface area contributed by atoms with E-state index in [1.807, 2.05) is 24.4 Å². The molecule has 1 saturated heterocycles. The standard InChI is InChI=1S/C16H18BrN3/c17-14-5-3-13(4-6-14)15-7-9-19-16(20-15)10-12-2-1-8-18-11-12/h3-7,9,12,18H,1-2,8,10-11H2. The first-order chi connectivity index (χ1) is 9.81. The van der Waals surface area contributed by atoms with Crippen molar-refractivity contribution in [2.24, 2.45) is 5.92 Å². The summed E-state index contributed by atoms with van der Waals surface area (Å²) < 4.78 is 1.09. The maximum Gasteiger partial charge on any atom is 0.129 e. The number of nitrogens with one attached hydrogen (secondary N) is 1. The van der Waals surface area contributed by atoms with Gasteiger partial charge in [0.25, 0.3) is 0 Å². The minimum atomic E-state index is 0.670. The fourth-order valence-electron chi connectivity index (χ4n) is 2.64. The molecule has 1 N–H and O–H groups in total. The largest absolute Gasteiger partial charge is 0.316 e. The Kier molecular flexibility index (Phi) is 4.43. The molecule has 3 rings (SSSR count). The summed E-state index contributed by atoms with van der Waals surface area (Å²) in [5.41, 5.74) is 2.14. The van der Waals surface area contributed by atoms with Gasteiger partial charge in [-0.05, 0) is 50.0 Å². The predicted molar refractivity (Wildman–Crippen MR) is 84.5 cm³/mol. The van der Waals surface area contributed by atoms with Gasteiger partial charge >= 0.3 is 0 Å². The fourth-order valence-corrected chi connectivity index (χ4v) is 2.90. The highest BCUT2D eigenvalue weighted by molar-refractivity contribution is 9.10. The van der Waals surface area contributed by atoms with Gasteiger partial charge in [0, 0.05) is 22.7 Å². The number of piperidine rings is 1. The minimum Gasteiger partial charge on any atom is -0.316 e. The number of halogens is 1. The molecule has 1 aliphatic heterocycles. The van der Waals surface area contributed by atoms with Crippen molar-refractivity contribution in [3.05, 3.63) is 46.8 Å². The lowest BCUT2D eigenvalue weighted by Crippen LogP contribution is -2.31. The second-order valence-electron chi connectivity index (χ2n) is 5.28. The van der Waals surface area contributed by atoms with Crippen molar-refractivity contribution in [3.63, 3.8) is 0 Å². The van der Waals surface area contributed by atoms with Crippen molar-refractivity contribution >= 4 is 15.9 Å². The maximum atomic E-state index is 4.71. The number of nitrogens with zero attached hydrogens (tertiary/aromatic N) is 2. The zero-order chi connectivity index (χ0) is 13.8. The van der Waals surface area contributed by atoms with Crippen LogP contribution in [0.2, 0.25) is 0 Å². The van der Waals surface area contributed by atoms with Crippen molar-refractivity contribution in [3.8, 4) is 11.3 Å². The lowest BCUT2D eigenvalue weighted by Gasteiger charge is -2.21. The van der Waals surface area contributed by atoms with E-state index in [0.29, 0.717) is 5.92 Å². The SMILES string of the molecule is Brc1ccc(-c2ccnc(CC3CCCNC3)n2)cc1. The molecule has 1 unspecified atom stereocenters. The van der Waals surface area contributed by atoms with Crippen LogP contribution in [0.25, 0.3) is 11.3 Å². The molecule has 0 amide bonds. The van der Waals surface area contributed by atoms with Gasteiger partial charge in [0.05, 0.1) is 5.69 Å². The summed E-state index contributed by atoms with van der Waals surface area (Å²) in [6.07, 6.45) is 5.38. The smallest absolute Gasteiger partial charge is 0.129 e. The number of rotatable bonds is 3. The predicted octanol–water partition coefficient (Wildman–Crippen LogP) is 3.45. The van der Waals surface area contributed by atoms with Gasteiger partial charge in [0.1, 0.15) is 5.82 Å². The Hall–Kier alpha value is -1.26. The van der Waals surface area contributed by atoms with Gasteiger partial charge in [-0.15, -0.1) is 0 Å². The van der Waals surface area contributed by atoms with E-state index in [1.54, 1.807) is 0 Å². The fraction of sp³-hybridized carbons (Fsp3) is 0.375. The van der Waals surface area contributed by atoms with Crippen LogP contribution in [0.1, 0.15) is 18.7 Å². The zero-order valence-corrected chi connectivity index (χ0v) is 12.9. The van der Waals surface area contributed by atoms with Crippen molar-refractivity contribution in [1.82, 2.24) is 15.3 Å². The van der Waals surface area contributed by atoms with E-state index < -0.39 is 0 Å². The van der Waals surface area contributed by atoms with E-state index >= 15 is 0 Å². The summed E-state index contributed by atoms with van der Waals surface area (Å²) in [4.78, 5) is 9.14. The van der Waals surface area contributed by atoms with Crippen molar-refractivity contribution in [2.75, 3.05) is 13.1 Å². The molecule has 0 spiro atoms. The van der Waals surface area contributed by atoms with Gasteiger partial charge < -0.3 is 5.32 Å². The van der Waals surface area contributed by atoms with Crippen LogP contribution in [0.15, 0.2) is 41.0 Å². The highest BCUT2D eigenvalue weighted by atomic mass is 79.9. The third-order valence-electron chi connectivity index (χ3n) is 3.72. The zero-order valence-electron chi connectivity index (χ0n) is 11.3. The summed E-state index contributed by atoms with van der Waals surface area (Å²) >= 11 is 3.46. The van der Waals surface area contributed by atoms with Crippen LogP contribution < -0.4 is 5.32 Å². The average molecular weight is 332 g/mol. The van der Waals surface area contributed by atoms with Gasteiger partial charge in [-0.2, -0.15) is 0 Å². The van der Waals surface area contributed by atoms with Crippen LogP contribution >= 0.6 is 15.9 Å². The second kappa shape index (κ2) is 6.46. The van der Waals surface area contributed by atoms with E-state index in [4.69, 9.17) is 4.98 Å². The van der Waals surface area contributed by atoms with Crippen LogP contribution in [0.3, 0.4) is 0 Å². The van der Waals surface area contributed by atoms with Gasteiger partial charge in [0.15, 0.2) is 0 Å². The molecule has 0 aliphatic carbocycles. The summed E-state index contributed by atoms with van der Waals surface area (Å²) in [5.74, 6) is 1.63. The Morgan fingerprint density at radius 1 is 1.20 bits per heavy atom. The summed E-state index contributed by atoms with van der Waals surface area (Å²) in [5, 5.41) is 3.45. The van der Waals surface area contributed by atoms with Gasteiger partial charge in [0.2, 0.25) is 0 Å². The van der Waals surface area contributed by atoms with Crippen molar-refractivity contribution in [1.29, 1.82) is 0 Å². The Balaban J connectivity index is 1.76. The molecule has 1 atom stereocenters. The van der Waals surface area contributed by atoms with E-state index in [-0.39, 0.29) is 0 Å². The number of hydrogen-bond acceptors (Lipinski definition) is 3. The first kappa shape index (κ1) is 13.7. The highest BCUT2D eigenvalue weighted by Crippen LogP contribution is 2.21.